The highest BCUT2D eigenvalue weighted by Gasteiger charge is 2.22. The van der Waals surface area contributed by atoms with E-state index in [1.807, 2.05) is 6.92 Å². The van der Waals surface area contributed by atoms with Gasteiger partial charge in [0.15, 0.2) is 11.5 Å². The van der Waals surface area contributed by atoms with Crippen molar-refractivity contribution in [1.29, 1.82) is 0 Å². The van der Waals surface area contributed by atoms with Gasteiger partial charge in [-0.05, 0) is 13.0 Å². The van der Waals surface area contributed by atoms with Gasteiger partial charge in [0.1, 0.15) is 11.8 Å². The number of hydrogen-bond acceptors (Lipinski definition) is 5. The molecule has 0 aliphatic heterocycles. The van der Waals surface area contributed by atoms with Crippen molar-refractivity contribution in [2.45, 2.75) is 13.0 Å². The number of methoxy groups -OCH3 is 2. The highest BCUT2D eigenvalue weighted by molar-refractivity contribution is 5.77. The first-order valence-corrected chi connectivity index (χ1v) is 5.42. The van der Waals surface area contributed by atoms with Crippen LogP contribution >= 0.6 is 0 Å². The maximum atomic E-state index is 10.9. The third-order valence-corrected chi connectivity index (χ3v) is 2.42. The molecule has 1 aromatic rings. The normalized spacial score (nSPS) is 11.8. The second-order valence-corrected chi connectivity index (χ2v) is 3.49. The zero-order valence-electron chi connectivity index (χ0n) is 10.6. The Morgan fingerprint density at radius 2 is 1.89 bits per heavy atom. The van der Waals surface area contributed by atoms with Gasteiger partial charge in [0.05, 0.1) is 20.8 Å². The van der Waals surface area contributed by atoms with Crippen molar-refractivity contribution in [3.05, 3.63) is 17.7 Å². The number of rotatable bonds is 6. The third-order valence-electron chi connectivity index (χ3n) is 2.42. The average molecular weight is 255 g/mol. The Morgan fingerprint density at radius 3 is 2.33 bits per heavy atom. The summed E-state index contributed by atoms with van der Waals surface area (Å²) in [7, 11) is 2.93. The molecule has 0 aliphatic rings. The summed E-state index contributed by atoms with van der Waals surface area (Å²) in [5.41, 5.74) is 5.94. The summed E-state index contributed by atoms with van der Waals surface area (Å²) in [5, 5.41) is 8.95. The summed E-state index contributed by atoms with van der Waals surface area (Å²) in [6, 6.07) is 1.91. The van der Waals surface area contributed by atoms with Gasteiger partial charge >= 0.3 is 5.97 Å². The molecule has 100 valence electrons. The fourth-order valence-electron chi connectivity index (χ4n) is 1.54. The molecule has 3 N–H and O–H groups in total. The highest BCUT2D eigenvalue weighted by atomic mass is 16.5. The van der Waals surface area contributed by atoms with E-state index >= 15 is 0 Å². The summed E-state index contributed by atoms with van der Waals surface area (Å²) in [5.74, 6) is 0.119. The van der Waals surface area contributed by atoms with Crippen LogP contribution in [0.4, 0.5) is 0 Å². The maximum absolute atomic E-state index is 10.9. The van der Waals surface area contributed by atoms with Crippen LogP contribution in [0.25, 0.3) is 0 Å². The Hall–Kier alpha value is -1.95. The van der Waals surface area contributed by atoms with E-state index in [4.69, 9.17) is 25.1 Å². The Kier molecular flexibility index (Phi) is 4.79. The summed E-state index contributed by atoms with van der Waals surface area (Å²) in [6.07, 6.45) is 0. The molecule has 0 aromatic heterocycles. The number of carbonyl (C=O) groups is 1. The molecular formula is C12H17NO5. The van der Waals surface area contributed by atoms with Gasteiger partial charge < -0.3 is 25.1 Å². The molecule has 6 nitrogen and oxygen atoms in total. The lowest BCUT2D eigenvalue weighted by Crippen LogP contribution is -2.21. The van der Waals surface area contributed by atoms with Crippen molar-refractivity contribution in [3.63, 3.8) is 0 Å². The van der Waals surface area contributed by atoms with Crippen molar-refractivity contribution >= 4 is 5.97 Å². The van der Waals surface area contributed by atoms with E-state index in [2.05, 4.69) is 0 Å². The van der Waals surface area contributed by atoms with Crippen LogP contribution in [0.5, 0.6) is 17.2 Å². The zero-order valence-corrected chi connectivity index (χ0v) is 10.6. The molecule has 0 aliphatic carbocycles. The molecule has 1 aromatic carbocycles. The van der Waals surface area contributed by atoms with Crippen LogP contribution in [-0.4, -0.2) is 31.9 Å². The fourth-order valence-corrected chi connectivity index (χ4v) is 1.54. The van der Waals surface area contributed by atoms with E-state index in [9.17, 15) is 4.79 Å². The number of carboxylic acid groups (broad SMARTS) is 1. The monoisotopic (exact) mass is 255 g/mol. The highest BCUT2D eigenvalue weighted by Crippen LogP contribution is 2.37. The van der Waals surface area contributed by atoms with Gasteiger partial charge in [-0.25, -0.2) is 0 Å². The third kappa shape index (κ3) is 2.84. The molecule has 0 heterocycles. The number of aliphatic carboxylic acids is 1. The van der Waals surface area contributed by atoms with Crippen molar-refractivity contribution in [1.82, 2.24) is 0 Å². The quantitative estimate of drug-likeness (QED) is 0.793. The van der Waals surface area contributed by atoms with Gasteiger partial charge in [0.2, 0.25) is 0 Å². The standard InChI is InChI=1S/C12H17NO5/c1-4-18-10-5-7(11(13)12(14)15)8(16-2)6-9(10)17-3/h5-6,11H,4,13H2,1-3H3,(H,14,15). The molecule has 0 spiro atoms. The van der Waals surface area contributed by atoms with Crippen LogP contribution < -0.4 is 19.9 Å². The second kappa shape index (κ2) is 6.11. The zero-order chi connectivity index (χ0) is 13.7. The van der Waals surface area contributed by atoms with Crippen LogP contribution in [0.2, 0.25) is 0 Å². The first-order chi connectivity index (χ1) is 8.54. The summed E-state index contributed by atoms with van der Waals surface area (Å²) < 4.78 is 15.6. The average Bonchev–Trinajstić information content (AvgIpc) is 2.37. The van der Waals surface area contributed by atoms with Crippen LogP contribution in [-0.2, 0) is 4.79 Å². The molecule has 0 amide bonds. The first-order valence-electron chi connectivity index (χ1n) is 5.42. The van der Waals surface area contributed by atoms with E-state index in [-0.39, 0.29) is 0 Å². The van der Waals surface area contributed by atoms with E-state index in [0.717, 1.165) is 0 Å². The van der Waals surface area contributed by atoms with Crippen LogP contribution in [0, 0.1) is 0 Å². The predicted molar refractivity (Wildman–Crippen MR) is 65.3 cm³/mol. The summed E-state index contributed by atoms with van der Waals surface area (Å²) >= 11 is 0. The smallest absolute Gasteiger partial charge is 0.325 e. The van der Waals surface area contributed by atoms with E-state index in [1.54, 1.807) is 6.07 Å². The topological polar surface area (TPSA) is 91.0 Å². The number of carboxylic acids is 1. The van der Waals surface area contributed by atoms with Crippen molar-refractivity contribution in [2.24, 2.45) is 5.73 Å². The Morgan fingerprint density at radius 1 is 1.28 bits per heavy atom. The predicted octanol–water partition coefficient (Wildman–Crippen LogP) is 1.19. The Labute approximate surface area is 105 Å². The summed E-state index contributed by atoms with van der Waals surface area (Å²) in [6.45, 7) is 2.25. The van der Waals surface area contributed by atoms with Gasteiger partial charge in [-0.2, -0.15) is 0 Å². The minimum atomic E-state index is -1.18. The van der Waals surface area contributed by atoms with Crippen molar-refractivity contribution in [3.8, 4) is 17.2 Å². The molecule has 1 unspecified atom stereocenters. The second-order valence-electron chi connectivity index (χ2n) is 3.49. The minimum absolute atomic E-state index is 0.342. The number of ether oxygens (including phenoxy) is 3. The fraction of sp³-hybridized carbons (Fsp3) is 0.417. The van der Waals surface area contributed by atoms with Gasteiger partial charge in [-0.15, -0.1) is 0 Å². The first kappa shape index (κ1) is 14.1. The molecule has 0 saturated heterocycles. The van der Waals surface area contributed by atoms with Crippen LogP contribution in [0.1, 0.15) is 18.5 Å². The Bertz CT molecular complexity index is 433. The molecule has 1 rings (SSSR count). The summed E-state index contributed by atoms with van der Waals surface area (Å²) in [4.78, 5) is 10.9. The maximum Gasteiger partial charge on any atom is 0.325 e. The largest absolute Gasteiger partial charge is 0.496 e. The number of hydrogen-bond donors (Lipinski definition) is 2. The van der Waals surface area contributed by atoms with E-state index in [0.29, 0.717) is 29.4 Å². The van der Waals surface area contributed by atoms with Crippen LogP contribution in [0.15, 0.2) is 12.1 Å². The SMILES string of the molecule is CCOc1cc(C(N)C(=O)O)c(OC)cc1OC. The van der Waals surface area contributed by atoms with Gasteiger partial charge in [0, 0.05) is 11.6 Å². The number of benzene rings is 1. The van der Waals surface area contributed by atoms with Gasteiger partial charge in [-0.3, -0.25) is 4.79 Å². The molecular weight excluding hydrogens is 238 g/mol. The lowest BCUT2D eigenvalue weighted by atomic mass is 10.1. The minimum Gasteiger partial charge on any atom is -0.496 e. The molecule has 0 bridgehead atoms. The van der Waals surface area contributed by atoms with E-state index < -0.39 is 12.0 Å². The Balaban J connectivity index is 3.31. The van der Waals surface area contributed by atoms with Crippen molar-refractivity contribution < 1.29 is 24.1 Å². The molecule has 1 atom stereocenters. The lowest BCUT2D eigenvalue weighted by Gasteiger charge is -2.16. The van der Waals surface area contributed by atoms with Crippen molar-refractivity contribution in [2.75, 3.05) is 20.8 Å². The molecule has 0 saturated carbocycles. The van der Waals surface area contributed by atoms with Gasteiger partial charge in [-0.1, -0.05) is 0 Å². The van der Waals surface area contributed by atoms with Crippen LogP contribution in [0.3, 0.4) is 0 Å². The van der Waals surface area contributed by atoms with Gasteiger partial charge in [0.25, 0.3) is 0 Å². The lowest BCUT2D eigenvalue weighted by molar-refractivity contribution is -0.138. The van der Waals surface area contributed by atoms with E-state index in [1.165, 1.54) is 20.3 Å². The number of nitrogens with two attached hydrogens (primary N) is 1. The molecule has 18 heavy (non-hydrogen) atoms. The molecule has 6 heteroatoms. The molecule has 0 fully saturated rings. The molecule has 0 radical (unpaired) electrons.